The summed E-state index contributed by atoms with van der Waals surface area (Å²) in [6.07, 6.45) is -5.55. The van der Waals surface area contributed by atoms with Crippen LogP contribution in [0.5, 0.6) is 5.75 Å². The highest BCUT2D eigenvalue weighted by Crippen LogP contribution is 2.30. The smallest absolute Gasteiger partial charge is 0.416 e. The SMILES string of the molecule is C[C@H](Oc1ccc(C(=O)Nc2cccc(C(F)(F)F)c2)cc1)C(=O)O. The Hall–Kier alpha value is -3.03. The predicted molar refractivity (Wildman–Crippen MR) is 83.6 cm³/mol. The van der Waals surface area contributed by atoms with Crippen LogP contribution in [0.15, 0.2) is 48.5 Å². The first-order valence-corrected chi connectivity index (χ1v) is 7.15. The molecule has 5 nitrogen and oxygen atoms in total. The van der Waals surface area contributed by atoms with E-state index in [2.05, 4.69) is 5.32 Å². The Labute approximate surface area is 141 Å². The second kappa shape index (κ2) is 7.25. The van der Waals surface area contributed by atoms with Gasteiger partial charge in [0.15, 0.2) is 6.10 Å². The number of anilines is 1. The lowest BCUT2D eigenvalue weighted by Gasteiger charge is -2.11. The molecule has 8 heteroatoms. The topological polar surface area (TPSA) is 75.6 Å². The Bertz CT molecular complexity index is 772. The summed E-state index contributed by atoms with van der Waals surface area (Å²) in [5, 5.41) is 11.1. The van der Waals surface area contributed by atoms with Crippen molar-refractivity contribution in [1.82, 2.24) is 0 Å². The van der Waals surface area contributed by atoms with E-state index in [-0.39, 0.29) is 17.0 Å². The molecule has 0 aromatic heterocycles. The lowest BCUT2D eigenvalue weighted by Crippen LogP contribution is -2.22. The van der Waals surface area contributed by atoms with E-state index in [4.69, 9.17) is 9.84 Å². The van der Waals surface area contributed by atoms with Crippen molar-refractivity contribution < 1.29 is 32.6 Å². The first-order valence-electron chi connectivity index (χ1n) is 7.15. The third kappa shape index (κ3) is 4.97. The fourth-order valence-electron chi connectivity index (χ4n) is 1.92. The van der Waals surface area contributed by atoms with E-state index in [9.17, 15) is 22.8 Å². The van der Waals surface area contributed by atoms with Gasteiger partial charge in [0, 0.05) is 11.3 Å². The van der Waals surface area contributed by atoms with Gasteiger partial charge in [-0.05, 0) is 49.4 Å². The fraction of sp³-hybridized carbons (Fsp3) is 0.176. The quantitative estimate of drug-likeness (QED) is 0.857. The van der Waals surface area contributed by atoms with Crippen LogP contribution in [0, 0.1) is 0 Å². The van der Waals surface area contributed by atoms with E-state index in [0.717, 1.165) is 12.1 Å². The van der Waals surface area contributed by atoms with Crippen molar-refractivity contribution in [3.05, 3.63) is 59.7 Å². The van der Waals surface area contributed by atoms with Crippen molar-refractivity contribution >= 4 is 17.6 Å². The molecule has 0 saturated heterocycles. The number of carboxylic acids is 1. The van der Waals surface area contributed by atoms with Crippen LogP contribution in [0.2, 0.25) is 0 Å². The molecule has 0 fully saturated rings. The third-order valence-electron chi connectivity index (χ3n) is 3.22. The van der Waals surface area contributed by atoms with Gasteiger partial charge in [-0.3, -0.25) is 4.79 Å². The average Bonchev–Trinajstić information content (AvgIpc) is 2.54. The van der Waals surface area contributed by atoms with E-state index >= 15 is 0 Å². The highest BCUT2D eigenvalue weighted by atomic mass is 19.4. The molecule has 0 aliphatic rings. The van der Waals surface area contributed by atoms with Crippen LogP contribution in [-0.2, 0) is 11.0 Å². The zero-order chi connectivity index (χ0) is 18.6. The van der Waals surface area contributed by atoms with E-state index in [0.29, 0.717) is 0 Å². The number of benzene rings is 2. The fourth-order valence-corrected chi connectivity index (χ4v) is 1.92. The summed E-state index contributed by atoms with van der Waals surface area (Å²) in [6, 6.07) is 9.86. The number of halogens is 3. The van der Waals surface area contributed by atoms with Crippen molar-refractivity contribution in [3.63, 3.8) is 0 Å². The molecule has 0 heterocycles. The van der Waals surface area contributed by atoms with E-state index < -0.39 is 29.7 Å². The molecule has 2 N–H and O–H groups in total. The maximum absolute atomic E-state index is 12.7. The van der Waals surface area contributed by atoms with E-state index in [1.54, 1.807) is 0 Å². The minimum atomic E-state index is -4.50. The highest BCUT2D eigenvalue weighted by molar-refractivity contribution is 6.04. The summed E-state index contributed by atoms with van der Waals surface area (Å²) in [5.74, 6) is -1.48. The minimum Gasteiger partial charge on any atom is -0.479 e. The lowest BCUT2D eigenvalue weighted by molar-refractivity contribution is -0.144. The number of rotatable bonds is 5. The van der Waals surface area contributed by atoms with Gasteiger partial charge in [0.25, 0.3) is 5.91 Å². The van der Waals surface area contributed by atoms with Crippen LogP contribution in [0.1, 0.15) is 22.8 Å². The molecule has 2 rings (SSSR count). The van der Waals surface area contributed by atoms with E-state index in [1.165, 1.54) is 43.3 Å². The van der Waals surface area contributed by atoms with Gasteiger partial charge >= 0.3 is 12.1 Å². The van der Waals surface area contributed by atoms with Gasteiger partial charge < -0.3 is 15.2 Å². The molecule has 2 aromatic rings. The Morgan fingerprint density at radius 3 is 2.32 bits per heavy atom. The number of aliphatic carboxylic acids is 1. The Balaban J connectivity index is 2.07. The number of hydrogen-bond donors (Lipinski definition) is 2. The Morgan fingerprint density at radius 1 is 1.12 bits per heavy atom. The van der Waals surface area contributed by atoms with Gasteiger partial charge in [-0.25, -0.2) is 4.79 Å². The lowest BCUT2D eigenvalue weighted by atomic mass is 10.1. The molecule has 0 saturated carbocycles. The van der Waals surface area contributed by atoms with Crippen molar-refractivity contribution in [2.24, 2.45) is 0 Å². The molecule has 0 aliphatic heterocycles. The molecule has 25 heavy (non-hydrogen) atoms. The summed E-state index contributed by atoms with van der Waals surface area (Å²) in [4.78, 5) is 22.8. The van der Waals surface area contributed by atoms with Crippen molar-refractivity contribution in [3.8, 4) is 5.75 Å². The highest BCUT2D eigenvalue weighted by Gasteiger charge is 2.30. The molecule has 0 radical (unpaired) electrons. The number of hydrogen-bond acceptors (Lipinski definition) is 3. The second-order valence-electron chi connectivity index (χ2n) is 5.16. The molecular weight excluding hydrogens is 339 g/mol. The summed E-state index contributed by atoms with van der Waals surface area (Å²) in [5.41, 5.74) is -0.663. The normalized spacial score (nSPS) is 12.3. The van der Waals surface area contributed by atoms with Crippen LogP contribution in [0.3, 0.4) is 0 Å². The van der Waals surface area contributed by atoms with Crippen molar-refractivity contribution in [1.29, 1.82) is 0 Å². The summed E-state index contributed by atoms with van der Waals surface area (Å²) in [6.45, 7) is 1.36. The molecule has 1 amide bonds. The van der Waals surface area contributed by atoms with Crippen LogP contribution in [0.4, 0.5) is 18.9 Å². The molecule has 0 bridgehead atoms. The van der Waals surface area contributed by atoms with Gasteiger partial charge in [0.05, 0.1) is 5.56 Å². The zero-order valence-electron chi connectivity index (χ0n) is 13.0. The standard InChI is InChI=1S/C17H14F3NO4/c1-10(16(23)24)25-14-7-5-11(6-8-14)15(22)21-13-4-2-3-12(9-13)17(18,19)20/h2-10H,1H3,(H,21,22)(H,23,24)/t10-/m0/s1. The van der Waals surface area contributed by atoms with Crippen LogP contribution < -0.4 is 10.1 Å². The maximum Gasteiger partial charge on any atom is 0.416 e. The molecule has 0 aliphatic carbocycles. The average molecular weight is 353 g/mol. The van der Waals surface area contributed by atoms with Crippen molar-refractivity contribution in [2.75, 3.05) is 5.32 Å². The maximum atomic E-state index is 12.7. The van der Waals surface area contributed by atoms with Crippen LogP contribution in [-0.4, -0.2) is 23.1 Å². The number of carboxylic acid groups (broad SMARTS) is 1. The first-order chi connectivity index (χ1) is 11.7. The molecule has 2 aromatic carbocycles. The number of amides is 1. The third-order valence-corrected chi connectivity index (χ3v) is 3.22. The zero-order valence-corrected chi connectivity index (χ0v) is 13.0. The van der Waals surface area contributed by atoms with Gasteiger partial charge in [-0.2, -0.15) is 13.2 Å². The summed E-state index contributed by atoms with van der Waals surface area (Å²) in [7, 11) is 0. The number of carbonyl (C=O) groups is 2. The van der Waals surface area contributed by atoms with Crippen LogP contribution in [0.25, 0.3) is 0 Å². The van der Waals surface area contributed by atoms with Gasteiger partial charge in [-0.15, -0.1) is 0 Å². The largest absolute Gasteiger partial charge is 0.479 e. The van der Waals surface area contributed by atoms with E-state index in [1.807, 2.05) is 0 Å². The molecule has 1 atom stereocenters. The second-order valence-corrected chi connectivity index (χ2v) is 5.16. The number of ether oxygens (including phenoxy) is 1. The monoisotopic (exact) mass is 353 g/mol. The number of carbonyl (C=O) groups excluding carboxylic acids is 1. The van der Waals surface area contributed by atoms with Crippen LogP contribution >= 0.6 is 0 Å². The summed E-state index contributed by atoms with van der Waals surface area (Å²) < 4.78 is 43.1. The van der Waals surface area contributed by atoms with Gasteiger partial charge in [0.1, 0.15) is 5.75 Å². The molecular formula is C17H14F3NO4. The number of nitrogens with one attached hydrogen (secondary N) is 1. The molecule has 0 spiro atoms. The minimum absolute atomic E-state index is 0.0136. The first kappa shape index (κ1) is 18.3. The molecule has 0 unspecified atom stereocenters. The summed E-state index contributed by atoms with van der Waals surface area (Å²) >= 11 is 0. The molecule has 132 valence electrons. The number of alkyl halides is 3. The predicted octanol–water partition coefficient (Wildman–Crippen LogP) is 3.81. The van der Waals surface area contributed by atoms with Gasteiger partial charge in [0.2, 0.25) is 0 Å². The Kier molecular flexibility index (Phi) is 5.31. The Morgan fingerprint density at radius 2 is 1.76 bits per heavy atom. The van der Waals surface area contributed by atoms with Gasteiger partial charge in [-0.1, -0.05) is 6.07 Å². The van der Waals surface area contributed by atoms with Crippen molar-refractivity contribution in [2.45, 2.75) is 19.2 Å².